The lowest BCUT2D eigenvalue weighted by Crippen LogP contribution is -2.38. The van der Waals surface area contributed by atoms with Crippen LogP contribution < -0.4 is 15.5 Å². The maximum atomic E-state index is 14.0. The van der Waals surface area contributed by atoms with Crippen molar-refractivity contribution in [2.24, 2.45) is 4.99 Å². The van der Waals surface area contributed by atoms with Crippen LogP contribution in [0.5, 0.6) is 0 Å². The smallest absolute Gasteiger partial charge is 0.191 e. The Kier molecular flexibility index (Phi) is 9.20. The van der Waals surface area contributed by atoms with E-state index in [9.17, 15) is 4.39 Å². The van der Waals surface area contributed by atoms with Gasteiger partial charge in [-0.3, -0.25) is 4.99 Å². The zero-order valence-corrected chi connectivity index (χ0v) is 18.2. The molecular formula is C18H26FIN4S. The fourth-order valence-corrected chi connectivity index (χ4v) is 3.14. The lowest BCUT2D eigenvalue weighted by atomic mass is 10.1. The summed E-state index contributed by atoms with van der Waals surface area (Å²) in [5.74, 6) is 0.921. The van der Waals surface area contributed by atoms with E-state index in [-0.39, 0.29) is 29.8 Å². The van der Waals surface area contributed by atoms with Gasteiger partial charge in [-0.25, -0.2) is 4.39 Å². The van der Waals surface area contributed by atoms with Crippen LogP contribution in [0, 0.1) is 5.82 Å². The highest BCUT2D eigenvalue weighted by atomic mass is 127. The predicted octanol–water partition coefficient (Wildman–Crippen LogP) is 4.04. The van der Waals surface area contributed by atoms with Gasteiger partial charge in [0.05, 0.1) is 5.69 Å². The molecule has 4 nitrogen and oxygen atoms in total. The van der Waals surface area contributed by atoms with Crippen LogP contribution in [0.1, 0.15) is 23.3 Å². The second-order valence-corrected chi connectivity index (χ2v) is 6.88. The molecule has 7 heteroatoms. The van der Waals surface area contributed by atoms with Crippen LogP contribution in [-0.2, 0) is 6.54 Å². The molecular weight excluding hydrogens is 450 g/mol. The van der Waals surface area contributed by atoms with E-state index in [0.717, 1.165) is 18.1 Å². The minimum Gasteiger partial charge on any atom is -0.375 e. The van der Waals surface area contributed by atoms with Crippen molar-refractivity contribution in [3.05, 3.63) is 52.0 Å². The highest BCUT2D eigenvalue weighted by Crippen LogP contribution is 2.20. The average Bonchev–Trinajstić information content (AvgIpc) is 3.09. The molecule has 0 saturated carbocycles. The number of thiophene rings is 1. The first-order valence-electron chi connectivity index (χ1n) is 7.95. The molecule has 25 heavy (non-hydrogen) atoms. The molecule has 0 amide bonds. The van der Waals surface area contributed by atoms with Crippen LogP contribution in [0.25, 0.3) is 0 Å². The number of benzene rings is 1. The molecule has 0 fully saturated rings. The van der Waals surface area contributed by atoms with Gasteiger partial charge in [0.25, 0.3) is 0 Å². The predicted molar refractivity (Wildman–Crippen MR) is 117 cm³/mol. The van der Waals surface area contributed by atoms with E-state index in [1.807, 2.05) is 20.2 Å². The molecule has 0 aliphatic rings. The van der Waals surface area contributed by atoms with E-state index in [2.05, 4.69) is 40.1 Å². The van der Waals surface area contributed by atoms with Gasteiger partial charge in [-0.2, -0.15) is 0 Å². The summed E-state index contributed by atoms with van der Waals surface area (Å²) in [7, 11) is 5.40. The maximum Gasteiger partial charge on any atom is 0.191 e. The molecule has 138 valence electrons. The van der Waals surface area contributed by atoms with Crippen molar-refractivity contribution in [1.29, 1.82) is 0 Å². The van der Waals surface area contributed by atoms with Crippen molar-refractivity contribution in [2.75, 3.05) is 32.6 Å². The van der Waals surface area contributed by atoms with Crippen molar-refractivity contribution in [2.45, 2.75) is 19.4 Å². The fraction of sp³-hybridized carbons (Fsp3) is 0.389. The lowest BCUT2D eigenvalue weighted by Gasteiger charge is -2.16. The van der Waals surface area contributed by atoms with E-state index in [4.69, 9.17) is 0 Å². The Bertz CT molecular complexity index is 674. The Morgan fingerprint density at radius 3 is 2.60 bits per heavy atom. The number of anilines is 1. The van der Waals surface area contributed by atoms with Crippen LogP contribution in [-0.4, -0.2) is 33.6 Å². The normalized spacial score (nSPS) is 12.3. The Labute approximate surface area is 170 Å². The van der Waals surface area contributed by atoms with Gasteiger partial charge >= 0.3 is 0 Å². The second-order valence-electron chi connectivity index (χ2n) is 5.90. The molecule has 0 spiro atoms. The number of rotatable bonds is 6. The van der Waals surface area contributed by atoms with Crippen molar-refractivity contribution in [3.8, 4) is 0 Å². The average molecular weight is 476 g/mol. The van der Waals surface area contributed by atoms with E-state index in [1.54, 1.807) is 35.4 Å². The summed E-state index contributed by atoms with van der Waals surface area (Å²) in [6, 6.07) is 9.48. The first-order chi connectivity index (χ1) is 11.5. The van der Waals surface area contributed by atoms with Crippen molar-refractivity contribution in [3.63, 3.8) is 0 Å². The third-order valence-corrected chi connectivity index (χ3v) is 4.89. The van der Waals surface area contributed by atoms with Gasteiger partial charge in [-0.1, -0.05) is 19.1 Å². The van der Waals surface area contributed by atoms with Gasteiger partial charge in [0, 0.05) is 45.0 Å². The van der Waals surface area contributed by atoms with Crippen LogP contribution in [0.4, 0.5) is 10.1 Å². The summed E-state index contributed by atoms with van der Waals surface area (Å²) in [5.41, 5.74) is 1.47. The number of hydrogen-bond acceptors (Lipinski definition) is 3. The SMILES string of the molecule is CN=C(NCc1ccc(N(C)C)c(F)c1)NCC(C)c1cccs1.I. The molecule has 1 atom stereocenters. The van der Waals surface area contributed by atoms with Gasteiger partial charge in [-0.15, -0.1) is 35.3 Å². The summed E-state index contributed by atoms with van der Waals surface area (Å²) in [4.78, 5) is 7.33. The minimum atomic E-state index is -0.214. The number of nitrogens with one attached hydrogen (secondary N) is 2. The third kappa shape index (κ3) is 6.47. The molecule has 1 heterocycles. The molecule has 1 unspecified atom stereocenters. The highest BCUT2D eigenvalue weighted by molar-refractivity contribution is 14.0. The third-order valence-electron chi connectivity index (χ3n) is 3.78. The molecule has 2 aromatic rings. The van der Waals surface area contributed by atoms with E-state index < -0.39 is 0 Å². The summed E-state index contributed by atoms with van der Waals surface area (Å²) in [5, 5.41) is 8.63. The van der Waals surface area contributed by atoms with Gasteiger partial charge < -0.3 is 15.5 Å². The molecule has 0 aliphatic heterocycles. The molecule has 0 aliphatic carbocycles. The zero-order chi connectivity index (χ0) is 17.5. The molecule has 2 N–H and O–H groups in total. The summed E-state index contributed by atoms with van der Waals surface area (Å²) in [6.45, 7) is 3.51. The fourth-order valence-electron chi connectivity index (χ4n) is 2.35. The molecule has 1 aromatic carbocycles. The van der Waals surface area contributed by atoms with Crippen molar-refractivity contribution in [1.82, 2.24) is 10.6 Å². The van der Waals surface area contributed by atoms with E-state index in [1.165, 1.54) is 4.88 Å². The lowest BCUT2D eigenvalue weighted by molar-refractivity contribution is 0.622. The molecule has 2 rings (SSSR count). The Morgan fingerprint density at radius 1 is 1.28 bits per heavy atom. The number of nitrogens with zero attached hydrogens (tertiary/aromatic N) is 2. The Morgan fingerprint density at radius 2 is 2.04 bits per heavy atom. The number of aliphatic imine (C=N–C) groups is 1. The number of guanidine groups is 1. The topological polar surface area (TPSA) is 39.7 Å². The minimum absolute atomic E-state index is 0. The molecule has 1 aromatic heterocycles. The van der Waals surface area contributed by atoms with E-state index >= 15 is 0 Å². The van der Waals surface area contributed by atoms with E-state index in [0.29, 0.717) is 18.2 Å². The van der Waals surface area contributed by atoms with Gasteiger partial charge in [-0.05, 0) is 29.1 Å². The van der Waals surface area contributed by atoms with Crippen LogP contribution in [0.15, 0.2) is 40.7 Å². The molecule has 0 saturated heterocycles. The van der Waals surface area contributed by atoms with Crippen molar-refractivity contribution < 1.29 is 4.39 Å². The van der Waals surface area contributed by atoms with Gasteiger partial charge in [0.2, 0.25) is 0 Å². The molecule has 0 bridgehead atoms. The Balaban J connectivity index is 0.00000312. The number of halogens is 2. The zero-order valence-electron chi connectivity index (χ0n) is 15.0. The van der Waals surface area contributed by atoms with Gasteiger partial charge in [0.15, 0.2) is 5.96 Å². The molecule has 0 radical (unpaired) electrons. The monoisotopic (exact) mass is 476 g/mol. The summed E-state index contributed by atoms with van der Waals surface area (Å²) in [6.07, 6.45) is 0. The largest absolute Gasteiger partial charge is 0.375 e. The first-order valence-corrected chi connectivity index (χ1v) is 8.83. The number of hydrogen-bond donors (Lipinski definition) is 2. The summed E-state index contributed by atoms with van der Waals surface area (Å²) < 4.78 is 14.0. The standard InChI is InChI=1S/C18H25FN4S.HI/c1-13(17-6-5-9-24-17)11-21-18(20-2)22-12-14-7-8-16(23(3)4)15(19)10-14;/h5-10,13H,11-12H2,1-4H3,(H2,20,21,22);1H. The second kappa shape index (κ2) is 10.6. The maximum absolute atomic E-state index is 14.0. The summed E-state index contributed by atoms with van der Waals surface area (Å²) >= 11 is 1.76. The van der Waals surface area contributed by atoms with Crippen molar-refractivity contribution >= 4 is 47.0 Å². The first kappa shape index (κ1) is 21.7. The van der Waals surface area contributed by atoms with Gasteiger partial charge in [0.1, 0.15) is 5.82 Å². The van der Waals surface area contributed by atoms with Crippen LogP contribution >= 0.6 is 35.3 Å². The quantitative estimate of drug-likeness (QED) is 0.376. The van der Waals surface area contributed by atoms with Crippen LogP contribution in [0.3, 0.4) is 0 Å². The highest BCUT2D eigenvalue weighted by Gasteiger charge is 2.08. The Hall–Kier alpha value is -1.35. The van der Waals surface area contributed by atoms with Crippen LogP contribution in [0.2, 0.25) is 0 Å².